The first-order chi connectivity index (χ1) is 10.2. The molecule has 1 aliphatic heterocycles. The highest BCUT2D eigenvalue weighted by Gasteiger charge is 2.61. The minimum absolute atomic E-state index is 1.33. The summed E-state index contributed by atoms with van der Waals surface area (Å²) in [6.45, 7) is 14.2. The zero-order chi connectivity index (χ0) is 16.1. The molecule has 3 rings (SSSR count). The Morgan fingerprint density at radius 3 is 1.09 bits per heavy atom. The van der Waals surface area contributed by atoms with E-state index in [1.807, 2.05) is 0 Å². The largest absolute Gasteiger partial charge is 0.393 e. The van der Waals surface area contributed by atoms with E-state index in [4.69, 9.17) is 0 Å². The molecule has 2 aromatic carbocycles. The van der Waals surface area contributed by atoms with Gasteiger partial charge in [0, 0.05) is 11.4 Å². The number of hydrogen-bond acceptors (Lipinski definition) is 2. The molecule has 0 radical (unpaired) electrons. The van der Waals surface area contributed by atoms with Gasteiger partial charge in [0.2, 0.25) is 16.8 Å². The lowest BCUT2D eigenvalue weighted by Crippen LogP contribution is -2.91. The molecule has 0 amide bonds. The van der Waals surface area contributed by atoms with Crippen LogP contribution in [0, 0.1) is 13.8 Å². The van der Waals surface area contributed by atoms with Gasteiger partial charge < -0.3 is 8.46 Å². The Morgan fingerprint density at radius 2 is 0.818 bits per heavy atom. The minimum Gasteiger partial charge on any atom is -0.393 e. The molecule has 2 aromatic rings. The van der Waals surface area contributed by atoms with E-state index in [1.165, 1.54) is 22.5 Å². The van der Waals surface area contributed by atoms with Crippen LogP contribution < -0.4 is 8.46 Å². The van der Waals surface area contributed by atoms with Crippen LogP contribution in [0.2, 0.25) is 26.2 Å². The van der Waals surface area contributed by atoms with E-state index in [1.54, 1.807) is 0 Å². The zero-order valence-corrected chi connectivity index (χ0v) is 16.5. The third kappa shape index (κ3) is 2.21. The quantitative estimate of drug-likeness (QED) is 0.714. The molecular weight excluding hydrogens is 300 g/mol. The number of anilines is 2. The number of aryl methyl sites for hydroxylation is 2. The Labute approximate surface area is 136 Å². The Morgan fingerprint density at radius 1 is 0.545 bits per heavy atom. The lowest BCUT2D eigenvalue weighted by molar-refractivity contribution is 1.15. The molecular formula is C18H26N2Si2. The van der Waals surface area contributed by atoms with Crippen LogP contribution in [0.4, 0.5) is 11.4 Å². The third-order valence-corrected chi connectivity index (χ3v) is 16.8. The van der Waals surface area contributed by atoms with Gasteiger partial charge in [0.15, 0.2) is 0 Å². The summed E-state index contributed by atoms with van der Waals surface area (Å²) in [4.78, 5) is 0. The smallest absolute Gasteiger partial charge is 0.244 e. The molecule has 1 heterocycles. The molecule has 0 aromatic heterocycles. The Balaban J connectivity index is 1.99. The molecule has 1 fully saturated rings. The highest BCUT2D eigenvalue weighted by atomic mass is 28.5. The first-order valence-corrected chi connectivity index (χ1v) is 13.8. The van der Waals surface area contributed by atoms with E-state index in [2.05, 4.69) is 97.0 Å². The second kappa shape index (κ2) is 5.00. The van der Waals surface area contributed by atoms with Crippen molar-refractivity contribution < 1.29 is 0 Å². The minimum atomic E-state index is -1.63. The van der Waals surface area contributed by atoms with Crippen molar-refractivity contribution in [1.82, 2.24) is 0 Å². The standard InChI is InChI=1S/C18H26N2Si2/c1-15-7-11-17(12-8-15)19-21(3,4)20(22(19,5)6)18-13-9-16(2)10-14-18/h7-14H,1-6H3. The monoisotopic (exact) mass is 326 g/mol. The average molecular weight is 327 g/mol. The third-order valence-electron chi connectivity index (χ3n) is 4.77. The fraction of sp³-hybridized carbons (Fsp3) is 0.333. The highest BCUT2D eigenvalue weighted by Crippen LogP contribution is 2.45. The number of rotatable bonds is 2. The van der Waals surface area contributed by atoms with Crippen LogP contribution in [0.3, 0.4) is 0 Å². The van der Waals surface area contributed by atoms with Gasteiger partial charge >= 0.3 is 0 Å². The van der Waals surface area contributed by atoms with Crippen LogP contribution in [0.15, 0.2) is 48.5 Å². The normalized spacial score (nSPS) is 19.0. The van der Waals surface area contributed by atoms with Gasteiger partial charge in [0.25, 0.3) is 0 Å². The van der Waals surface area contributed by atoms with Crippen LogP contribution in [-0.4, -0.2) is 16.8 Å². The second-order valence-electron chi connectivity index (χ2n) is 7.33. The van der Waals surface area contributed by atoms with Gasteiger partial charge in [-0.2, -0.15) is 0 Å². The predicted molar refractivity (Wildman–Crippen MR) is 102 cm³/mol. The van der Waals surface area contributed by atoms with Crippen molar-refractivity contribution in [3.8, 4) is 0 Å². The summed E-state index contributed by atoms with van der Waals surface area (Å²) in [6, 6.07) is 18.1. The van der Waals surface area contributed by atoms with Crippen LogP contribution in [-0.2, 0) is 0 Å². The molecule has 1 saturated heterocycles. The highest BCUT2D eigenvalue weighted by molar-refractivity contribution is 7.20. The molecule has 0 N–H and O–H groups in total. The molecule has 116 valence electrons. The molecule has 0 saturated carbocycles. The van der Waals surface area contributed by atoms with Gasteiger partial charge in [0.05, 0.1) is 0 Å². The van der Waals surface area contributed by atoms with E-state index < -0.39 is 16.8 Å². The van der Waals surface area contributed by atoms with Gasteiger partial charge in [-0.3, -0.25) is 0 Å². The predicted octanol–water partition coefficient (Wildman–Crippen LogP) is 5.03. The van der Waals surface area contributed by atoms with Crippen molar-refractivity contribution in [3.05, 3.63) is 59.7 Å². The second-order valence-corrected chi connectivity index (χ2v) is 16.0. The van der Waals surface area contributed by atoms with Crippen LogP contribution in [0.25, 0.3) is 0 Å². The van der Waals surface area contributed by atoms with Gasteiger partial charge in [-0.15, -0.1) is 0 Å². The summed E-state index contributed by atoms with van der Waals surface area (Å²) in [5.74, 6) is 0. The molecule has 0 bridgehead atoms. The fourth-order valence-corrected chi connectivity index (χ4v) is 18.9. The SMILES string of the molecule is Cc1ccc(N2[Si](C)(C)N(c3ccc(C)cc3)[Si]2(C)C)cc1. The van der Waals surface area contributed by atoms with E-state index in [-0.39, 0.29) is 0 Å². The number of hydrogen-bond donors (Lipinski definition) is 0. The Kier molecular flexibility index (Phi) is 3.49. The van der Waals surface area contributed by atoms with E-state index in [0.29, 0.717) is 0 Å². The van der Waals surface area contributed by atoms with Gasteiger partial charge in [-0.25, -0.2) is 0 Å². The van der Waals surface area contributed by atoms with Crippen molar-refractivity contribution in [2.75, 3.05) is 8.46 Å². The van der Waals surface area contributed by atoms with Gasteiger partial charge in [0.1, 0.15) is 0 Å². The molecule has 22 heavy (non-hydrogen) atoms. The number of benzene rings is 2. The molecule has 4 heteroatoms. The van der Waals surface area contributed by atoms with Crippen molar-refractivity contribution in [3.63, 3.8) is 0 Å². The number of nitrogens with zero attached hydrogens (tertiary/aromatic N) is 2. The fourth-order valence-electron chi connectivity index (χ4n) is 4.15. The first-order valence-electron chi connectivity index (χ1n) is 7.98. The van der Waals surface area contributed by atoms with Crippen molar-refractivity contribution in [1.29, 1.82) is 0 Å². The molecule has 0 spiro atoms. The maximum Gasteiger partial charge on any atom is 0.244 e. The summed E-state index contributed by atoms with van der Waals surface area (Å²) in [6.07, 6.45) is 0. The molecule has 0 aliphatic carbocycles. The van der Waals surface area contributed by atoms with Crippen LogP contribution in [0.5, 0.6) is 0 Å². The zero-order valence-electron chi connectivity index (χ0n) is 14.5. The summed E-state index contributed by atoms with van der Waals surface area (Å²) >= 11 is 0. The molecule has 0 unspecified atom stereocenters. The molecule has 0 atom stereocenters. The first kappa shape index (κ1) is 15.4. The van der Waals surface area contributed by atoms with Gasteiger partial charge in [-0.05, 0) is 64.3 Å². The Bertz CT molecular complexity index is 602. The molecule has 2 nitrogen and oxygen atoms in total. The van der Waals surface area contributed by atoms with E-state index >= 15 is 0 Å². The lowest BCUT2D eigenvalue weighted by Gasteiger charge is -2.69. The van der Waals surface area contributed by atoms with E-state index in [9.17, 15) is 0 Å². The maximum absolute atomic E-state index is 2.78. The average Bonchev–Trinajstić information content (AvgIpc) is 2.42. The van der Waals surface area contributed by atoms with Crippen molar-refractivity contribution >= 4 is 28.2 Å². The summed E-state index contributed by atoms with van der Waals surface area (Å²) in [5, 5.41) is 0. The lowest BCUT2D eigenvalue weighted by atomic mass is 10.2. The summed E-state index contributed by atoms with van der Waals surface area (Å²) < 4.78 is 5.55. The van der Waals surface area contributed by atoms with Crippen molar-refractivity contribution in [2.45, 2.75) is 40.0 Å². The topological polar surface area (TPSA) is 6.48 Å². The summed E-state index contributed by atoms with van der Waals surface area (Å²) in [5.41, 5.74) is 5.47. The maximum atomic E-state index is 2.78. The summed E-state index contributed by atoms with van der Waals surface area (Å²) in [7, 11) is -3.27. The van der Waals surface area contributed by atoms with Crippen LogP contribution in [0.1, 0.15) is 11.1 Å². The van der Waals surface area contributed by atoms with Crippen molar-refractivity contribution in [2.24, 2.45) is 0 Å². The van der Waals surface area contributed by atoms with Crippen LogP contribution >= 0.6 is 0 Å². The Hall–Kier alpha value is -1.53. The van der Waals surface area contributed by atoms with Gasteiger partial charge in [-0.1, -0.05) is 35.4 Å². The van der Waals surface area contributed by atoms with E-state index in [0.717, 1.165) is 0 Å². The molecule has 1 aliphatic rings.